The number of nitrogens with one attached hydrogen (secondary N) is 1. The van der Waals surface area contributed by atoms with Crippen LogP contribution in [0.5, 0.6) is 0 Å². The minimum atomic E-state index is -0.120. The number of rotatable bonds is 7. The Morgan fingerprint density at radius 1 is 1.33 bits per heavy atom. The quantitative estimate of drug-likeness (QED) is 0.606. The van der Waals surface area contributed by atoms with Gasteiger partial charge in [-0.25, -0.2) is 0 Å². The lowest BCUT2D eigenvalue weighted by atomic mass is 9.92. The molecule has 1 saturated heterocycles. The summed E-state index contributed by atoms with van der Waals surface area (Å²) in [5.74, 6) is 0.407. The van der Waals surface area contributed by atoms with Crippen LogP contribution < -0.4 is 5.32 Å². The van der Waals surface area contributed by atoms with Crippen LogP contribution in [0.4, 0.5) is 0 Å². The number of aliphatic hydroxyl groups excluding tert-OH is 1. The minimum absolute atomic E-state index is 0.120. The van der Waals surface area contributed by atoms with Crippen molar-refractivity contribution in [2.24, 2.45) is 5.92 Å². The SMILES string of the molecule is COCCOCCCC1CNCCC1O. The molecule has 4 nitrogen and oxygen atoms in total. The third kappa shape index (κ3) is 5.47. The molecule has 0 bridgehead atoms. The van der Waals surface area contributed by atoms with Crippen LogP contribution in [0.3, 0.4) is 0 Å². The van der Waals surface area contributed by atoms with Crippen molar-refractivity contribution in [3.63, 3.8) is 0 Å². The van der Waals surface area contributed by atoms with Gasteiger partial charge in [0.2, 0.25) is 0 Å². The van der Waals surface area contributed by atoms with Crippen LogP contribution in [0.15, 0.2) is 0 Å². The van der Waals surface area contributed by atoms with Gasteiger partial charge in [0.1, 0.15) is 0 Å². The van der Waals surface area contributed by atoms with Crippen molar-refractivity contribution in [1.82, 2.24) is 5.32 Å². The first kappa shape index (κ1) is 12.9. The van der Waals surface area contributed by atoms with Gasteiger partial charge in [-0.2, -0.15) is 0 Å². The van der Waals surface area contributed by atoms with Crippen LogP contribution in [0.25, 0.3) is 0 Å². The fourth-order valence-corrected chi connectivity index (χ4v) is 1.90. The molecule has 2 N–H and O–H groups in total. The van der Waals surface area contributed by atoms with Crippen LogP contribution in [0.2, 0.25) is 0 Å². The molecule has 0 amide bonds. The molecule has 1 aliphatic rings. The second-order valence-corrected chi connectivity index (χ2v) is 4.07. The Hall–Kier alpha value is -0.160. The lowest BCUT2D eigenvalue weighted by molar-refractivity contribution is 0.0501. The number of hydrogen-bond donors (Lipinski definition) is 2. The molecule has 0 aromatic heterocycles. The van der Waals surface area contributed by atoms with Gasteiger partial charge in [-0.1, -0.05) is 0 Å². The van der Waals surface area contributed by atoms with Gasteiger partial charge in [0.15, 0.2) is 0 Å². The molecule has 0 spiro atoms. The van der Waals surface area contributed by atoms with Crippen molar-refractivity contribution < 1.29 is 14.6 Å². The second-order valence-electron chi connectivity index (χ2n) is 4.07. The first-order valence-corrected chi connectivity index (χ1v) is 5.80. The van der Waals surface area contributed by atoms with E-state index in [2.05, 4.69) is 5.32 Å². The van der Waals surface area contributed by atoms with Crippen LogP contribution in [0.1, 0.15) is 19.3 Å². The molecule has 0 aliphatic carbocycles. The molecule has 0 aromatic rings. The zero-order valence-electron chi connectivity index (χ0n) is 9.58. The number of hydrogen-bond acceptors (Lipinski definition) is 4. The van der Waals surface area contributed by atoms with E-state index in [9.17, 15) is 5.11 Å². The summed E-state index contributed by atoms with van der Waals surface area (Å²) < 4.78 is 10.3. The highest BCUT2D eigenvalue weighted by Crippen LogP contribution is 2.16. The third-order valence-corrected chi connectivity index (χ3v) is 2.86. The van der Waals surface area contributed by atoms with Crippen molar-refractivity contribution in [1.29, 1.82) is 0 Å². The summed E-state index contributed by atoms with van der Waals surface area (Å²) >= 11 is 0. The molecule has 15 heavy (non-hydrogen) atoms. The van der Waals surface area contributed by atoms with Crippen molar-refractivity contribution in [2.75, 3.05) is 40.0 Å². The Bertz CT molecular complexity index is 155. The Balaban J connectivity index is 1.94. The third-order valence-electron chi connectivity index (χ3n) is 2.86. The Morgan fingerprint density at radius 2 is 2.20 bits per heavy atom. The van der Waals surface area contributed by atoms with Crippen molar-refractivity contribution >= 4 is 0 Å². The minimum Gasteiger partial charge on any atom is -0.393 e. The predicted octanol–water partition coefficient (Wildman–Crippen LogP) is 0.400. The van der Waals surface area contributed by atoms with E-state index in [1.165, 1.54) is 0 Å². The maximum Gasteiger partial charge on any atom is 0.0700 e. The summed E-state index contributed by atoms with van der Waals surface area (Å²) in [6, 6.07) is 0. The van der Waals surface area contributed by atoms with Crippen LogP contribution in [-0.4, -0.2) is 51.2 Å². The highest BCUT2D eigenvalue weighted by Gasteiger charge is 2.21. The Labute approximate surface area is 92.0 Å². The van der Waals surface area contributed by atoms with Gasteiger partial charge in [0.25, 0.3) is 0 Å². The smallest absolute Gasteiger partial charge is 0.0700 e. The summed E-state index contributed by atoms with van der Waals surface area (Å²) in [5, 5.41) is 13.0. The summed E-state index contributed by atoms with van der Waals surface area (Å²) in [6.45, 7) is 3.99. The van der Waals surface area contributed by atoms with Gasteiger partial charge in [-0.3, -0.25) is 0 Å². The zero-order chi connectivity index (χ0) is 10.9. The molecule has 0 radical (unpaired) electrons. The van der Waals surface area contributed by atoms with E-state index in [4.69, 9.17) is 9.47 Å². The molecule has 1 aliphatic heterocycles. The lowest BCUT2D eigenvalue weighted by Crippen LogP contribution is -2.39. The standard InChI is InChI=1S/C11H23NO3/c1-14-7-8-15-6-2-3-10-9-12-5-4-11(10)13/h10-13H,2-9H2,1H3. The molecule has 4 heteroatoms. The normalized spacial score (nSPS) is 26.8. The van der Waals surface area contributed by atoms with E-state index < -0.39 is 0 Å². The number of ether oxygens (including phenoxy) is 2. The summed E-state index contributed by atoms with van der Waals surface area (Å²) in [4.78, 5) is 0. The van der Waals surface area contributed by atoms with Gasteiger partial charge in [0.05, 0.1) is 19.3 Å². The highest BCUT2D eigenvalue weighted by molar-refractivity contribution is 4.76. The van der Waals surface area contributed by atoms with Gasteiger partial charge in [-0.15, -0.1) is 0 Å². The number of piperidine rings is 1. The predicted molar refractivity (Wildman–Crippen MR) is 58.9 cm³/mol. The number of aliphatic hydroxyl groups is 1. The van der Waals surface area contributed by atoms with Gasteiger partial charge < -0.3 is 19.9 Å². The lowest BCUT2D eigenvalue weighted by Gasteiger charge is -2.28. The summed E-state index contributed by atoms with van der Waals surface area (Å²) in [5.41, 5.74) is 0. The average molecular weight is 217 g/mol. The van der Waals surface area contributed by atoms with Crippen molar-refractivity contribution in [3.8, 4) is 0 Å². The highest BCUT2D eigenvalue weighted by atomic mass is 16.5. The van der Waals surface area contributed by atoms with Crippen LogP contribution in [-0.2, 0) is 9.47 Å². The van der Waals surface area contributed by atoms with E-state index in [1.54, 1.807) is 7.11 Å². The molecule has 2 unspecified atom stereocenters. The zero-order valence-corrected chi connectivity index (χ0v) is 9.58. The van der Waals surface area contributed by atoms with Gasteiger partial charge in [-0.05, 0) is 31.7 Å². The number of methoxy groups -OCH3 is 1. The maximum absolute atomic E-state index is 9.71. The van der Waals surface area contributed by atoms with E-state index in [0.29, 0.717) is 19.1 Å². The topological polar surface area (TPSA) is 50.7 Å². The summed E-state index contributed by atoms with van der Waals surface area (Å²) in [6.07, 6.45) is 2.83. The molecular formula is C11H23NO3. The molecule has 0 aromatic carbocycles. The molecule has 1 fully saturated rings. The van der Waals surface area contributed by atoms with E-state index in [-0.39, 0.29) is 6.10 Å². The van der Waals surface area contributed by atoms with Crippen molar-refractivity contribution in [3.05, 3.63) is 0 Å². The first-order valence-electron chi connectivity index (χ1n) is 5.80. The Kier molecular flexibility index (Phi) is 6.92. The fourth-order valence-electron chi connectivity index (χ4n) is 1.90. The van der Waals surface area contributed by atoms with E-state index in [0.717, 1.165) is 39.0 Å². The largest absolute Gasteiger partial charge is 0.393 e. The van der Waals surface area contributed by atoms with E-state index >= 15 is 0 Å². The van der Waals surface area contributed by atoms with Crippen molar-refractivity contribution in [2.45, 2.75) is 25.4 Å². The maximum atomic E-state index is 9.71. The first-order chi connectivity index (χ1) is 7.34. The van der Waals surface area contributed by atoms with Crippen LogP contribution >= 0.6 is 0 Å². The average Bonchev–Trinajstić information content (AvgIpc) is 2.25. The fraction of sp³-hybridized carbons (Fsp3) is 1.00. The molecule has 90 valence electrons. The second kappa shape index (κ2) is 8.05. The summed E-state index contributed by atoms with van der Waals surface area (Å²) in [7, 11) is 1.67. The molecule has 2 atom stereocenters. The van der Waals surface area contributed by atoms with E-state index in [1.807, 2.05) is 0 Å². The molecule has 0 saturated carbocycles. The molecular weight excluding hydrogens is 194 g/mol. The van der Waals surface area contributed by atoms with Gasteiger partial charge >= 0.3 is 0 Å². The van der Waals surface area contributed by atoms with Crippen LogP contribution in [0, 0.1) is 5.92 Å². The Morgan fingerprint density at radius 3 is 2.93 bits per heavy atom. The molecule has 1 rings (SSSR count). The monoisotopic (exact) mass is 217 g/mol. The van der Waals surface area contributed by atoms with Gasteiger partial charge in [0, 0.05) is 20.3 Å². The molecule has 1 heterocycles.